The highest BCUT2D eigenvalue weighted by Gasteiger charge is 2.30. The third kappa shape index (κ3) is 3.04. The van der Waals surface area contributed by atoms with Crippen LogP contribution in [0.15, 0.2) is 41.2 Å². The summed E-state index contributed by atoms with van der Waals surface area (Å²) in [5, 5.41) is 4.56. The molecule has 2 aromatic heterocycles. The number of benzene rings is 1. The summed E-state index contributed by atoms with van der Waals surface area (Å²) in [5.41, 5.74) is 2.89. The van der Waals surface area contributed by atoms with E-state index < -0.39 is 0 Å². The number of para-hydroxylation sites is 2. The van der Waals surface area contributed by atoms with Gasteiger partial charge in [-0.2, -0.15) is 5.10 Å². The van der Waals surface area contributed by atoms with Crippen LogP contribution >= 0.6 is 0 Å². The number of hydrogen-bond acceptors (Lipinski definition) is 4. The molecule has 1 aliphatic heterocycles. The topological polar surface area (TPSA) is 66.8 Å². The average Bonchev–Trinajstić information content (AvgIpc) is 2.94. The van der Waals surface area contributed by atoms with Crippen LogP contribution in [0.3, 0.4) is 0 Å². The molecule has 0 atom stereocenters. The molecule has 130 valence electrons. The summed E-state index contributed by atoms with van der Waals surface area (Å²) in [5.74, 6) is 1.31. The average molecular weight is 337 g/mol. The fraction of sp³-hybridized carbons (Fsp3) is 0.421. The Morgan fingerprint density at radius 2 is 1.92 bits per heavy atom. The Hall–Kier alpha value is -2.63. The Kier molecular flexibility index (Phi) is 3.63. The second kappa shape index (κ2) is 5.72. The zero-order valence-electron chi connectivity index (χ0n) is 14.9. The summed E-state index contributed by atoms with van der Waals surface area (Å²) in [7, 11) is 0. The smallest absolute Gasteiger partial charge is 0.266 e. The van der Waals surface area contributed by atoms with Gasteiger partial charge in [0.1, 0.15) is 0 Å². The molecule has 3 aromatic rings. The molecule has 1 saturated heterocycles. The zero-order valence-corrected chi connectivity index (χ0v) is 14.9. The molecule has 1 fully saturated rings. The molecule has 4 rings (SSSR count). The quantitative estimate of drug-likeness (QED) is 0.798. The Bertz CT molecular complexity index is 927. The van der Waals surface area contributed by atoms with E-state index >= 15 is 0 Å². The molecule has 0 saturated carbocycles. The molecule has 6 nitrogen and oxygen atoms in total. The largest absolute Gasteiger partial charge is 0.342 e. The minimum absolute atomic E-state index is 0.0322. The van der Waals surface area contributed by atoms with Gasteiger partial charge in [0.2, 0.25) is 5.95 Å². The summed E-state index contributed by atoms with van der Waals surface area (Å²) >= 11 is 0. The maximum Gasteiger partial charge on any atom is 0.266 e. The van der Waals surface area contributed by atoms with Crippen molar-refractivity contribution in [1.82, 2.24) is 19.7 Å². The number of anilines is 1. The number of hydrogen-bond donors (Lipinski definition) is 1. The van der Waals surface area contributed by atoms with E-state index in [4.69, 9.17) is 0 Å². The van der Waals surface area contributed by atoms with Crippen LogP contribution in [0.25, 0.3) is 11.0 Å². The fourth-order valence-electron chi connectivity index (χ4n) is 3.17. The Morgan fingerprint density at radius 3 is 2.64 bits per heavy atom. The molecule has 0 radical (unpaired) electrons. The Labute approximate surface area is 146 Å². The van der Waals surface area contributed by atoms with Gasteiger partial charge in [-0.15, -0.1) is 0 Å². The highest BCUT2D eigenvalue weighted by atomic mass is 16.1. The van der Waals surface area contributed by atoms with Crippen LogP contribution in [0.4, 0.5) is 5.95 Å². The maximum atomic E-state index is 12.1. The minimum atomic E-state index is -0.0601. The lowest BCUT2D eigenvalue weighted by Crippen LogP contribution is -2.50. The van der Waals surface area contributed by atoms with E-state index in [0.29, 0.717) is 12.5 Å². The van der Waals surface area contributed by atoms with Crippen molar-refractivity contribution in [2.24, 2.45) is 5.92 Å². The summed E-state index contributed by atoms with van der Waals surface area (Å²) < 4.78 is 1.61. The number of aromatic nitrogens is 4. The van der Waals surface area contributed by atoms with E-state index in [0.717, 1.165) is 35.8 Å². The SMILES string of the molecule is CC(C)(C)c1ccc(=O)n(CC2CN(c3nc4ccccc4[nH]3)C2)n1. The molecule has 0 amide bonds. The molecule has 1 N–H and O–H groups in total. The van der Waals surface area contributed by atoms with Gasteiger partial charge in [0.05, 0.1) is 23.3 Å². The van der Waals surface area contributed by atoms with E-state index in [-0.39, 0.29) is 11.0 Å². The lowest BCUT2D eigenvalue weighted by atomic mass is 9.92. The highest BCUT2D eigenvalue weighted by Crippen LogP contribution is 2.25. The summed E-state index contributed by atoms with van der Waals surface area (Å²) in [6.07, 6.45) is 0. The van der Waals surface area contributed by atoms with Crippen LogP contribution in [0.1, 0.15) is 26.5 Å². The third-order valence-corrected chi connectivity index (χ3v) is 4.70. The van der Waals surface area contributed by atoms with E-state index in [1.807, 2.05) is 30.3 Å². The van der Waals surface area contributed by atoms with Gasteiger partial charge in [0, 0.05) is 30.5 Å². The predicted octanol–water partition coefficient (Wildman–Crippen LogP) is 2.55. The first kappa shape index (κ1) is 15.9. The van der Waals surface area contributed by atoms with Gasteiger partial charge in [0.15, 0.2) is 0 Å². The number of rotatable bonds is 3. The van der Waals surface area contributed by atoms with Crippen LogP contribution in [0.2, 0.25) is 0 Å². The van der Waals surface area contributed by atoms with Gasteiger partial charge in [-0.05, 0) is 18.2 Å². The van der Waals surface area contributed by atoms with Gasteiger partial charge in [-0.1, -0.05) is 32.9 Å². The van der Waals surface area contributed by atoms with Gasteiger partial charge in [-0.3, -0.25) is 4.79 Å². The molecule has 0 spiro atoms. The molecule has 25 heavy (non-hydrogen) atoms. The second-order valence-corrected chi connectivity index (χ2v) is 7.84. The molecule has 0 bridgehead atoms. The van der Waals surface area contributed by atoms with E-state index in [9.17, 15) is 4.79 Å². The predicted molar refractivity (Wildman–Crippen MR) is 99.0 cm³/mol. The van der Waals surface area contributed by atoms with Crippen molar-refractivity contribution in [2.45, 2.75) is 32.7 Å². The minimum Gasteiger partial charge on any atom is -0.342 e. The number of nitrogens with zero attached hydrogens (tertiary/aromatic N) is 4. The molecule has 6 heteroatoms. The first-order valence-electron chi connectivity index (χ1n) is 8.68. The number of aromatic amines is 1. The lowest BCUT2D eigenvalue weighted by Gasteiger charge is -2.39. The Balaban J connectivity index is 1.45. The van der Waals surface area contributed by atoms with Crippen molar-refractivity contribution in [2.75, 3.05) is 18.0 Å². The zero-order chi connectivity index (χ0) is 17.6. The van der Waals surface area contributed by atoms with E-state index in [1.54, 1.807) is 10.7 Å². The van der Waals surface area contributed by atoms with Gasteiger partial charge < -0.3 is 9.88 Å². The van der Waals surface area contributed by atoms with Crippen molar-refractivity contribution < 1.29 is 0 Å². The normalized spacial score (nSPS) is 15.6. The van der Waals surface area contributed by atoms with Crippen molar-refractivity contribution in [3.63, 3.8) is 0 Å². The summed E-state index contributed by atoms with van der Waals surface area (Å²) in [6.45, 7) is 8.74. The van der Waals surface area contributed by atoms with Gasteiger partial charge in [-0.25, -0.2) is 9.67 Å². The van der Waals surface area contributed by atoms with Crippen molar-refractivity contribution in [3.05, 3.63) is 52.4 Å². The van der Waals surface area contributed by atoms with E-state index in [1.165, 1.54) is 0 Å². The number of H-pyrrole nitrogens is 1. The van der Waals surface area contributed by atoms with Crippen LogP contribution in [0.5, 0.6) is 0 Å². The molecule has 0 unspecified atom stereocenters. The van der Waals surface area contributed by atoms with Crippen LogP contribution in [0, 0.1) is 5.92 Å². The van der Waals surface area contributed by atoms with Gasteiger partial charge >= 0.3 is 0 Å². The first-order valence-corrected chi connectivity index (χ1v) is 8.68. The lowest BCUT2D eigenvalue weighted by molar-refractivity contribution is 0.326. The van der Waals surface area contributed by atoms with Crippen molar-refractivity contribution >= 4 is 17.0 Å². The van der Waals surface area contributed by atoms with Crippen LogP contribution in [-0.4, -0.2) is 32.8 Å². The molecule has 3 heterocycles. The molecule has 1 aliphatic rings. The number of nitrogens with one attached hydrogen (secondary N) is 1. The molecular formula is C19H23N5O. The highest BCUT2D eigenvalue weighted by molar-refractivity contribution is 5.77. The molecule has 0 aliphatic carbocycles. The second-order valence-electron chi connectivity index (χ2n) is 7.84. The number of imidazole rings is 1. The van der Waals surface area contributed by atoms with Crippen LogP contribution < -0.4 is 10.5 Å². The monoisotopic (exact) mass is 337 g/mol. The Morgan fingerprint density at radius 1 is 1.16 bits per heavy atom. The summed E-state index contributed by atoms with van der Waals surface area (Å²) in [6, 6.07) is 11.5. The standard InChI is InChI=1S/C19H23N5O/c1-19(2,3)16-8-9-17(25)24(22-16)12-13-10-23(11-13)18-20-14-6-4-5-7-15(14)21-18/h4-9,13H,10-12H2,1-3H3,(H,20,21). The molecule has 1 aromatic carbocycles. The molecular weight excluding hydrogens is 314 g/mol. The van der Waals surface area contributed by atoms with Gasteiger partial charge in [0.25, 0.3) is 5.56 Å². The summed E-state index contributed by atoms with van der Waals surface area (Å²) in [4.78, 5) is 22.3. The van der Waals surface area contributed by atoms with Crippen LogP contribution in [-0.2, 0) is 12.0 Å². The third-order valence-electron chi connectivity index (χ3n) is 4.70. The maximum absolute atomic E-state index is 12.1. The number of fused-ring (bicyclic) bond motifs is 1. The van der Waals surface area contributed by atoms with Crippen molar-refractivity contribution in [3.8, 4) is 0 Å². The van der Waals surface area contributed by atoms with Crippen molar-refractivity contribution in [1.29, 1.82) is 0 Å². The van der Waals surface area contributed by atoms with E-state index in [2.05, 4.69) is 40.7 Å². The first-order chi connectivity index (χ1) is 11.9. The fourth-order valence-corrected chi connectivity index (χ4v) is 3.17.